The maximum absolute atomic E-state index is 11.9. The summed E-state index contributed by atoms with van der Waals surface area (Å²) in [6.45, 7) is 2.54. The van der Waals surface area contributed by atoms with Crippen molar-refractivity contribution < 1.29 is 4.79 Å². The molecule has 1 aromatic rings. The van der Waals surface area contributed by atoms with Gasteiger partial charge in [0.15, 0.2) is 0 Å². The molecule has 3 aliphatic carbocycles. The number of anilines is 1. The van der Waals surface area contributed by atoms with E-state index in [1.165, 1.54) is 19.3 Å². The fourth-order valence-electron chi connectivity index (χ4n) is 3.20. The molecule has 5 heteroatoms. The highest BCUT2D eigenvalue weighted by Gasteiger charge is 2.31. The van der Waals surface area contributed by atoms with Gasteiger partial charge in [-0.05, 0) is 50.0 Å². The minimum Gasteiger partial charge on any atom is -0.338 e. The molecule has 0 spiro atoms. The maximum atomic E-state index is 11.9. The first kappa shape index (κ1) is 13.1. The van der Waals surface area contributed by atoms with E-state index in [0.717, 1.165) is 12.5 Å². The van der Waals surface area contributed by atoms with Crippen LogP contribution in [0.25, 0.3) is 0 Å². The predicted molar refractivity (Wildman–Crippen MR) is 77.3 cm³/mol. The van der Waals surface area contributed by atoms with Crippen molar-refractivity contribution in [1.29, 1.82) is 0 Å². The lowest BCUT2D eigenvalue weighted by molar-refractivity contribution is 0.211. The van der Waals surface area contributed by atoms with Gasteiger partial charge >= 0.3 is 6.03 Å². The number of aromatic nitrogens is 2. The number of aryl methyl sites for hydroxylation is 1. The number of carbonyl (C=O) groups excluding carboxylic acids is 1. The zero-order chi connectivity index (χ0) is 13.9. The smallest absolute Gasteiger partial charge is 0.320 e. The Bertz CT molecular complexity index is 528. The van der Waals surface area contributed by atoms with Crippen LogP contribution in [0.5, 0.6) is 0 Å². The predicted octanol–water partition coefficient (Wildman–Crippen LogP) is 2.51. The number of hydrogen-bond donors (Lipinski definition) is 2. The Labute approximate surface area is 118 Å². The molecular formula is C15H20N4O. The molecule has 20 heavy (non-hydrogen) atoms. The Morgan fingerprint density at radius 2 is 2.30 bits per heavy atom. The standard InChI is InChI=1S/C15H20N4O/c1-10-16-7-6-14(18-10)19-15(20)17-9-13-8-11-2-4-12(13)5-3-11/h2,4,6-7,11-13H,3,5,8-9H2,1H3,(H2,16,17,18,19,20). The SMILES string of the molecule is Cc1nccc(NC(=O)NCC2CC3C=CC2CC3)n1. The Morgan fingerprint density at radius 1 is 1.40 bits per heavy atom. The molecule has 3 atom stereocenters. The summed E-state index contributed by atoms with van der Waals surface area (Å²) >= 11 is 0. The van der Waals surface area contributed by atoms with Crippen LogP contribution in [0.1, 0.15) is 25.1 Å². The molecule has 1 fully saturated rings. The van der Waals surface area contributed by atoms with Crippen molar-refractivity contribution in [1.82, 2.24) is 15.3 Å². The number of fused-ring (bicyclic) bond motifs is 2. The highest BCUT2D eigenvalue weighted by atomic mass is 16.2. The highest BCUT2D eigenvalue weighted by molar-refractivity contribution is 5.88. The number of carbonyl (C=O) groups is 1. The molecule has 2 amide bonds. The molecule has 0 aliphatic heterocycles. The summed E-state index contributed by atoms with van der Waals surface area (Å²) in [6.07, 6.45) is 10.1. The Hall–Kier alpha value is -1.91. The van der Waals surface area contributed by atoms with Crippen LogP contribution < -0.4 is 10.6 Å². The first-order valence-corrected chi connectivity index (χ1v) is 7.23. The maximum Gasteiger partial charge on any atom is 0.320 e. The van der Waals surface area contributed by atoms with Gasteiger partial charge in [-0.25, -0.2) is 14.8 Å². The van der Waals surface area contributed by atoms with E-state index in [-0.39, 0.29) is 6.03 Å². The molecule has 0 radical (unpaired) electrons. The minimum atomic E-state index is -0.187. The molecule has 0 saturated heterocycles. The normalized spacial score (nSPS) is 27.4. The second-order valence-corrected chi connectivity index (χ2v) is 5.71. The van der Waals surface area contributed by atoms with Crippen molar-refractivity contribution in [3.05, 3.63) is 30.2 Å². The Kier molecular flexibility index (Phi) is 3.67. The number of urea groups is 1. The monoisotopic (exact) mass is 272 g/mol. The third-order valence-electron chi connectivity index (χ3n) is 4.25. The molecule has 1 heterocycles. The fraction of sp³-hybridized carbons (Fsp3) is 0.533. The first-order chi connectivity index (χ1) is 9.70. The first-order valence-electron chi connectivity index (χ1n) is 7.23. The molecule has 2 bridgehead atoms. The van der Waals surface area contributed by atoms with Crippen LogP contribution in [-0.2, 0) is 0 Å². The quantitative estimate of drug-likeness (QED) is 0.831. The van der Waals surface area contributed by atoms with Crippen LogP contribution in [0.2, 0.25) is 0 Å². The van der Waals surface area contributed by atoms with Crippen LogP contribution in [0.15, 0.2) is 24.4 Å². The van der Waals surface area contributed by atoms with Crippen LogP contribution in [-0.4, -0.2) is 22.5 Å². The van der Waals surface area contributed by atoms with Crippen molar-refractivity contribution in [2.75, 3.05) is 11.9 Å². The number of hydrogen-bond acceptors (Lipinski definition) is 3. The average Bonchev–Trinajstić information content (AvgIpc) is 2.46. The van der Waals surface area contributed by atoms with Crippen molar-refractivity contribution in [3.8, 4) is 0 Å². The van der Waals surface area contributed by atoms with Gasteiger partial charge in [0, 0.05) is 12.7 Å². The summed E-state index contributed by atoms with van der Waals surface area (Å²) in [5.41, 5.74) is 0. The topological polar surface area (TPSA) is 66.9 Å². The fourth-order valence-corrected chi connectivity index (χ4v) is 3.20. The number of allylic oxidation sites excluding steroid dienone is 2. The molecule has 3 aliphatic rings. The largest absolute Gasteiger partial charge is 0.338 e. The number of rotatable bonds is 3. The lowest BCUT2D eigenvalue weighted by Gasteiger charge is -2.38. The van der Waals surface area contributed by atoms with Gasteiger partial charge in [-0.2, -0.15) is 0 Å². The molecule has 1 saturated carbocycles. The van der Waals surface area contributed by atoms with E-state index in [1.807, 2.05) is 0 Å². The van der Waals surface area contributed by atoms with E-state index in [2.05, 4.69) is 32.8 Å². The summed E-state index contributed by atoms with van der Waals surface area (Å²) in [4.78, 5) is 20.0. The van der Waals surface area contributed by atoms with Gasteiger partial charge in [0.25, 0.3) is 0 Å². The highest BCUT2D eigenvalue weighted by Crippen LogP contribution is 2.39. The van der Waals surface area contributed by atoms with E-state index in [0.29, 0.717) is 23.5 Å². The molecule has 2 N–H and O–H groups in total. The molecule has 0 aromatic carbocycles. The van der Waals surface area contributed by atoms with E-state index in [9.17, 15) is 4.79 Å². The lowest BCUT2D eigenvalue weighted by Crippen LogP contribution is -2.39. The van der Waals surface area contributed by atoms with E-state index in [1.54, 1.807) is 19.2 Å². The summed E-state index contributed by atoms with van der Waals surface area (Å²) < 4.78 is 0. The number of nitrogens with zero attached hydrogens (tertiary/aromatic N) is 2. The zero-order valence-corrected chi connectivity index (χ0v) is 11.7. The molecule has 5 nitrogen and oxygen atoms in total. The van der Waals surface area contributed by atoms with Crippen LogP contribution in [0.4, 0.5) is 10.6 Å². The molecule has 4 rings (SSSR count). The number of amides is 2. The molecule has 1 aromatic heterocycles. The third kappa shape index (κ3) is 2.98. The second kappa shape index (κ2) is 5.61. The van der Waals surface area contributed by atoms with Gasteiger partial charge in [-0.1, -0.05) is 12.2 Å². The Morgan fingerprint density at radius 3 is 2.95 bits per heavy atom. The van der Waals surface area contributed by atoms with Crippen LogP contribution >= 0.6 is 0 Å². The van der Waals surface area contributed by atoms with Gasteiger partial charge in [0.05, 0.1) is 0 Å². The average molecular weight is 272 g/mol. The van der Waals surface area contributed by atoms with Gasteiger partial charge in [0.2, 0.25) is 0 Å². The van der Waals surface area contributed by atoms with Gasteiger partial charge < -0.3 is 5.32 Å². The Balaban J connectivity index is 1.49. The molecule has 3 unspecified atom stereocenters. The summed E-state index contributed by atoms with van der Waals surface area (Å²) in [6, 6.07) is 1.51. The van der Waals surface area contributed by atoms with Gasteiger partial charge in [-0.3, -0.25) is 5.32 Å². The van der Waals surface area contributed by atoms with E-state index >= 15 is 0 Å². The molecule has 106 valence electrons. The number of nitrogens with one attached hydrogen (secondary N) is 2. The van der Waals surface area contributed by atoms with Crippen molar-refractivity contribution in [2.45, 2.75) is 26.2 Å². The van der Waals surface area contributed by atoms with Gasteiger partial charge in [0.1, 0.15) is 11.6 Å². The lowest BCUT2D eigenvalue weighted by atomic mass is 9.69. The molecular weight excluding hydrogens is 252 g/mol. The zero-order valence-electron chi connectivity index (χ0n) is 11.7. The van der Waals surface area contributed by atoms with E-state index in [4.69, 9.17) is 0 Å². The second-order valence-electron chi connectivity index (χ2n) is 5.71. The van der Waals surface area contributed by atoms with E-state index < -0.39 is 0 Å². The summed E-state index contributed by atoms with van der Waals surface area (Å²) in [7, 11) is 0. The summed E-state index contributed by atoms with van der Waals surface area (Å²) in [5, 5.41) is 5.71. The van der Waals surface area contributed by atoms with Gasteiger partial charge in [-0.15, -0.1) is 0 Å². The van der Waals surface area contributed by atoms with Crippen LogP contribution in [0, 0.1) is 24.7 Å². The third-order valence-corrected chi connectivity index (χ3v) is 4.25. The van der Waals surface area contributed by atoms with Crippen LogP contribution in [0.3, 0.4) is 0 Å². The van der Waals surface area contributed by atoms with Crippen molar-refractivity contribution in [3.63, 3.8) is 0 Å². The minimum absolute atomic E-state index is 0.187. The van der Waals surface area contributed by atoms with Crippen molar-refractivity contribution in [2.24, 2.45) is 17.8 Å². The van der Waals surface area contributed by atoms with Crippen molar-refractivity contribution >= 4 is 11.8 Å². The summed E-state index contributed by atoms with van der Waals surface area (Å²) in [5.74, 6) is 3.13.